The molecule has 2 saturated heterocycles. The standard InChI is InChI=1S/C27H38N4O3S/c1-22-9-6-7-18-31(22)35(33,34)25-14-12-24(13-15-25)27(32)28-16-8-17-30-20-19-29(2)21-26(30)23-10-4-3-5-11-23/h3-5,10-15,22,26H,6-9,16-21H2,1-2H3,(H,28,32). The number of amides is 1. The zero-order valence-electron chi connectivity index (χ0n) is 20.9. The minimum absolute atomic E-state index is 0.0125. The molecule has 0 saturated carbocycles. The molecule has 2 fully saturated rings. The van der Waals surface area contributed by atoms with Crippen LogP contribution in [0.15, 0.2) is 59.5 Å². The van der Waals surface area contributed by atoms with E-state index in [-0.39, 0.29) is 16.8 Å². The first-order chi connectivity index (χ1) is 16.9. The van der Waals surface area contributed by atoms with Crippen molar-refractivity contribution in [3.05, 3.63) is 65.7 Å². The van der Waals surface area contributed by atoms with E-state index in [1.54, 1.807) is 28.6 Å². The van der Waals surface area contributed by atoms with E-state index in [4.69, 9.17) is 0 Å². The molecule has 35 heavy (non-hydrogen) atoms. The van der Waals surface area contributed by atoms with Gasteiger partial charge in [-0.25, -0.2) is 8.42 Å². The quantitative estimate of drug-likeness (QED) is 0.565. The first-order valence-corrected chi connectivity index (χ1v) is 14.2. The predicted molar refractivity (Wildman–Crippen MR) is 139 cm³/mol. The molecule has 2 heterocycles. The summed E-state index contributed by atoms with van der Waals surface area (Å²) in [7, 11) is -1.36. The summed E-state index contributed by atoms with van der Waals surface area (Å²) in [6, 6.07) is 17.3. The third kappa shape index (κ3) is 6.30. The van der Waals surface area contributed by atoms with Gasteiger partial charge in [0.2, 0.25) is 10.0 Å². The Morgan fingerprint density at radius 3 is 2.46 bits per heavy atom. The summed E-state index contributed by atoms with van der Waals surface area (Å²) in [6.45, 7) is 7.07. The topological polar surface area (TPSA) is 73.0 Å². The third-order valence-corrected chi connectivity index (χ3v) is 9.28. The average molecular weight is 499 g/mol. The molecule has 0 bridgehead atoms. The molecule has 2 aliphatic heterocycles. The molecule has 2 unspecified atom stereocenters. The van der Waals surface area contributed by atoms with Crippen LogP contribution in [0.5, 0.6) is 0 Å². The number of piperazine rings is 1. The first-order valence-electron chi connectivity index (χ1n) is 12.7. The Bertz CT molecular complexity index is 1080. The van der Waals surface area contributed by atoms with Crippen molar-refractivity contribution < 1.29 is 13.2 Å². The van der Waals surface area contributed by atoms with Crippen molar-refractivity contribution >= 4 is 15.9 Å². The SMILES string of the molecule is CC1CCCCN1S(=O)(=O)c1ccc(C(=O)NCCCN2CCN(C)CC2c2ccccc2)cc1. The van der Waals surface area contributed by atoms with Gasteiger partial charge in [-0.15, -0.1) is 0 Å². The highest BCUT2D eigenvalue weighted by Crippen LogP contribution is 2.26. The number of sulfonamides is 1. The van der Waals surface area contributed by atoms with Gasteiger partial charge in [0.1, 0.15) is 0 Å². The van der Waals surface area contributed by atoms with E-state index in [2.05, 4.69) is 46.4 Å². The maximum absolute atomic E-state index is 13.0. The van der Waals surface area contributed by atoms with Crippen molar-refractivity contribution in [2.75, 3.05) is 46.3 Å². The molecule has 0 spiro atoms. The molecule has 190 valence electrons. The van der Waals surface area contributed by atoms with Crippen LogP contribution >= 0.6 is 0 Å². The first kappa shape index (κ1) is 25.8. The van der Waals surface area contributed by atoms with Crippen LogP contribution in [0.25, 0.3) is 0 Å². The van der Waals surface area contributed by atoms with Gasteiger partial charge in [-0.2, -0.15) is 4.31 Å². The van der Waals surface area contributed by atoms with Crippen LogP contribution in [0.4, 0.5) is 0 Å². The molecular weight excluding hydrogens is 460 g/mol. The van der Waals surface area contributed by atoms with Crippen LogP contribution in [-0.2, 0) is 10.0 Å². The van der Waals surface area contributed by atoms with E-state index < -0.39 is 10.0 Å². The number of benzene rings is 2. The molecule has 8 heteroatoms. The van der Waals surface area contributed by atoms with Crippen LogP contribution in [-0.4, -0.2) is 80.8 Å². The molecule has 7 nitrogen and oxygen atoms in total. The molecule has 2 aromatic rings. The fraction of sp³-hybridized carbons (Fsp3) is 0.519. The van der Waals surface area contributed by atoms with Gasteiger partial charge in [-0.3, -0.25) is 9.69 Å². The number of hydrogen-bond acceptors (Lipinski definition) is 5. The maximum atomic E-state index is 13.0. The summed E-state index contributed by atoms with van der Waals surface area (Å²) < 4.78 is 27.6. The summed E-state index contributed by atoms with van der Waals surface area (Å²) >= 11 is 0. The number of nitrogens with one attached hydrogen (secondary N) is 1. The summed E-state index contributed by atoms with van der Waals surface area (Å²) in [5.74, 6) is -0.168. The Kier molecular flexibility index (Phi) is 8.59. The molecule has 1 N–H and O–H groups in total. The Balaban J connectivity index is 1.29. The van der Waals surface area contributed by atoms with Crippen LogP contribution in [0.2, 0.25) is 0 Å². The lowest BCUT2D eigenvalue weighted by Crippen LogP contribution is -2.47. The lowest BCUT2D eigenvalue weighted by Gasteiger charge is -2.40. The highest BCUT2D eigenvalue weighted by molar-refractivity contribution is 7.89. The number of piperidine rings is 1. The Morgan fingerprint density at radius 2 is 1.74 bits per heavy atom. The van der Waals surface area contributed by atoms with Crippen LogP contribution in [0.1, 0.15) is 54.6 Å². The van der Waals surface area contributed by atoms with Gasteiger partial charge in [-0.1, -0.05) is 36.8 Å². The van der Waals surface area contributed by atoms with Gasteiger partial charge in [0.05, 0.1) is 4.90 Å². The molecule has 1 amide bonds. The average Bonchev–Trinajstić information content (AvgIpc) is 2.88. The van der Waals surface area contributed by atoms with Gasteiger partial charge in [0.15, 0.2) is 0 Å². The van der Waals surface area contributed by atoms with Gasteiger partial charge >= 0.3 is 0 Å². The summed E-state index contributed by atoms with van der Waals surface area (Å²) in [6.07, 6.45) is 3.70. The molecule has 4 rings (SSSR count). The van der Waals surface area contributed by atoms with Gasteiger partial charge in [0, 0.05) is 56.9 Å². The van der Waals surface area contributed by atoms with E-state index in [9.17, 15) is 13.2 Å². The zero-order valence-corrected chi connectivity index (χ0v) is 21.7. The van der Waals surface area contributed by atoms with Crippen molar-refractivity contribution in [3.63, 3.8) is 0 Å². The lowest BCUT2D eigenvalue weighted by atomic mass is 10.0. The van der Waals surface area contributed by atoms with Crippen LogP contribution < -0.4 is 5.32 Å². The van der Waals surface area contributed by atoms with E-state index in [0.717, 1.165) is 51.9 Å². The molecule has 2 aliphatic rings. The Hall–Kier alpha value is -2.26. The minimum atomic E-state index is -3.53. The van der Waals surface area contributed by atoms with E-state index in [1.165, 1.54) is 5.56 Å². The van der Waals surface area contributed by atoms with E-state index in [1.807, 2.05) is 13.0 Å². The maximum Gasteiger partial charge on any atom is 0.251 e. The van der Waals surface area contributed by atoms with E-state index in [0.29, 0.717) is 24.7 Å². The fourth-order valence-electron chi connectivity index (χ4n) is 5.14. The second kappa shape index (κ2) is 11.6. The normalized spacial score (nSPS) is 22.7. The molecule has 2 aromatic carbocycles. The molecular formula is C27H38N4O3S. The van der Waals surface area contributed by atoms with Gasteiger partial charge < -0.3 is 10.2 Å². The number of likely N-dealkylation sites (N-methyl/N-ethyl adjacent to an activating group) is 1. The van der Waals surface area contributed by atoms with Crippen LogP contribution in [0.3, 0.4) is 0 Å². The summed E-state index contributed by atoms with van der Waals surface area (Å²) in [5, 5.41) is 2.99. The number of carbonyl (C=O) groups is 1. The van der Waals surface area contributed by atoms with Gasteiger partial charge in [-0.05, 0) is 63.1 Å². The lowest BCUT2D eigenvalue weighted by molar-refractivity contribution is 0.0865. The largest absolute Gasteiger partial charge is 0.352 e. The summed E-state index contributed by atoms with van der Waals surface area (Å²) in [5.41, 5.74) is 1.81. The highest BCUT2D eigenvalue weighted by Gasteiger charge is 2.31. The monoisotopic (exact) mass is 498 g/mol. The molecule has 0 radical (unpaired) electrons. The molecule has 2 atom stereocenters. The zero-order chi connectivity index (χ0) is 24.8. The van der Waals surface area contributed by atoms with Crippen molar-refractivity contribution in [2.45, 2.75) is 49.6 Å². The highest BCUT2D eigenvalue weighted by atomic mass is 32.2. The van der Waals surface area contributed by atoms with Crippen LogP contribution in [0, 0.1) is 0 Å². The van der Waals surface area contributed by atoms with Crippen molar-refractivity contribution in [3.8, 4) is 0 Å². The Labute approximate surface area is 210 Å². The summed E-state index contributed by atoms with van der Waals surface area (Å²) in [4.78, 5) is 17.8. The smallest absolute Gasteiger partial charge is 0.251 e. The fourth-order valence-corrected chi connectivity index (χ4v) is 6.84. The molecule has 0 aromatic heterocycles. The number of hydrogen-bond donors (Lipinski definition) is 1. The van der Waals surface area contributed by atoms with Crippen molar-refractivity contribution in [1.82, 2.24) is 19.4 Å². The van der Waals surface area contributed by atoms with Gasteiger partial charge in [0.25, 0.3) is 5.91 Å². The number of rotatable bonds is 8. The Morgan fingerprint density at radius 1 is 1.00 bits per heavy atom. The predicted octanol–water partition coefficient (Wildman–Crippen LogP) is 3.36. The number of carbonyl (C=O) groups excluding carboxylic acids is 1. The van der Waals surface area contributed by atoms with E-state index >= 15 is 0 Å². The minimum Gasteiger partial charge on any atom is -0.352 e. The number of nitrogens with zero attached hydrogens (tertiary/aromatic N) is 3. The van der Waals surface area contributed by atoms with Crippen molar-refractivity contribution in [1.29, 1.82) is 0 Å². The third-order valence-electron chi connectivity index (χ3n) is 7.25. The molecule has 0 aliphatic carbocycles. The second-order valence-corrected chi connectivity index (χ2v) is 11.7. The van der Waals surface area contributed by atoms with Crippen molar-refractivity contribution in [2.24, 2.45) is 0 Å². The second-order valence-electron chi connectivity index (χ2n) is 9.82.